The number of aromatic nitrogens is 1. The third-order valence-corrected chi connectivity index (χ3v) is 4.28. The molecule has 3 rings (SSSR count). The van der Waals surface area contributed by atoms with Gasteiger partial charge in [0.15, 0.2) is 0 Å². The average Bonchev–Trinajstić information content (AvgIpc) is 2.88. The summed E-state index contributed by atoms with van der Waals surface area (Å²) in [7, 11) is 0. The lowest BCUT2D eigenvalue weighted by molar-refractivity contribution is -0.141. The minimum absolute atomic E-state index is 0.0297. The number of nitrogens with one attached hydrogen (secondary N) is 1. The Bertz CT molecular complexity index is 540. The number of anilines is 1. The quantitative estimate of drug-likeness (QED) is 0.847. The minimum Gasteiger partial charge on any atom is -0.355 e. The van der Waals surface area contributed by atoms with E-state index in [-0.39, 0.29) is 11.8 Å². The summed E-state index contributed by atoms with van der Waals surface area (Å²) in [6.07, 6.45) is 2.08. The van der Waals surface area contributed by atoms with E-state index in [1.807, 2.05) is 30.0 Å². The minimum atomic E-state index is -0.579. The first-order valence-corrected chi connectivity index (χ1v) is 7.31. The Morgan fingerprint density at radius 3 is 2.62 bits per heavy atom. The van der Waals surface area contributed by atoms with Gasteiger partial charge < -0.3 is 15.1 Å². The zero-order valence-electron chi connectivity index (χ0n) is 12.2. The number of pyridine rings is 1. The topological polar surface area (TPSA) is 65.5 Å². The summed E-state index contributed by atoms with van der Waals surface area (Å²) >= 11 is 0. The highest BCUT2D eigenvalue weighted by atomic mass is 16.2. The highest BCUT2D eigenvalue weighted by molar-refractivity contribution is 5.92. The molecule has 0 radical (unpaired) electrons. The van der Waals surface area contributed by atoms with Crippen molar-refractivity contribution in [3.8, 4) is 0 Å². The molecule has 1 aromatic rings. The molecule has 0 aliphatic carbocycles. The molecule has 2 aliphatic heterocycles. The standard InChI is InChI=1S/C15H20N4O2/c1-15(10-13(20)17-11-15)14(21)19-8-6-18(7-9-19)12-4-2-3-5-16-12/h2-5H,6-11H2,1H3,(H,17,20). The largest absolute Gasteiger partial charge is 0.355 e. The number of amides is 2. The summed E-state index contributed by atoms with van der Waals surface area (Å²) in [4.78, 5) is 32.4. The fraction of sp³-hybridized carbons (Fsp3) is 0.533. The van der Waals surface area contributed by atoms with Crippen LogP contribution in [0.1, 0.15) is 13.3 Å². The van der Waals surface area contributed by atoms with E-state index in [9.17, 15) is 9.59 Å². The van der Waals surface area contributed by atoms with Gasteiger partial charge in [0, 0.05) is 45.3 Å². The van der Waals surface area contributed by atoms with Gasteiger partial charge in [-0.15, -0.1) is 0 Å². The monoisotopic (exact) mass is 288 g/mol. The van der Waals surface area contributed by atoms with Crippen molar-refractivity contribution in [2.45, 2.75) is 13.3 Å². The van der Waals surface area contributed by atoms with Crippen LogP contribution in [0, 0.1) is 5.41 Å². The summed E-state index contributed by atoms with van der Waals surface area (Å²) in [5, 5.41) is 2.76. The molecule has 0 saturated carbocycles. The molecule has 2 amide bonds. The number of carbonyl (C=O) groups is 2. The van der Waals surface area contributed by atoms with Gasteiger partial charge in [-0.3, -0.25) is 9.59 Å². The van der Waals surface area contributed by atoms with Gasteiger partial charge in [-0.2, -0.15) is 0 Å². The highest BCUT2D eigenvalue weighted by Gasteiger charge is 2.43. The lowest BCUT2D eigenvalue weighted by atomic mass is 9.87. The Morgan fingerprint density at radius 2 is 2.05 bits per heavy atom. The molecule has 2 saturated heterocycles. The van der Waals surface area contributed by atoms with Crippen LogP contribution >= 0.6 is 0 Å². The molecular formula is C15H20N4O2. The number of rotatable bonds is 2. The van der Waals surface area contributed by atoms with Gasteiger partial charge in [-0.25, -0.2) is 4.98 Å². The second-order valence-corrected chi connectivity index (χ2v) is 5.98. The number of hydrogen-bond acceptors (Lipinski definition) is 4. The van der Waals surface area contributed by atoms with Crippen molar-refractivity contribution >= 4 is 17.6 Å². The fourth-order valence-corrected chi connectivity index (χ4v) is 2.99. The second kappa shape index (κ2) is 5.35. The molecule has 1 unspecified atom stereocenters. The highest BCUT2D eigenvalue weighted by Crippen LogP contribution is 2.28. The van der Waals surface area contributed by atoms with Gasteiger partial charge in [0.1, 0.15) is 5.82 Å². The summed E-state index contributed by atoms with van der Waals surface area (Å²) in [5.74, 6) is 1.01. The van der Waals surface area contributed by atoms with Crippen molar-refractivity contribution in [2.75, 3.05) is 37.6 Å². The SMILES string of the molecule is CC1(C(=O)N2CCN(c3ccccn3)CC2)CNC(=O)C1. The zero-order chi connectivity index (χ0) is 14.9. The first-order valence-electron chi connectivity index (χ1n) is 7.31. The van der Waals surface area contributed by atoms with Crippen molar-refractivity contribution < 1.29 is 9.59 Å². The van der Waals surface area contributed by atoms with E-state index < -0.39 is 5.41 Å². The van der Waals surface area contributed by atoms with Crippen LogP contribution in [0.3, 0.4) is 0 Å². The average molecular weight is 288 g/mol. The molecular weight excluding hydrogens is 268 g/mol. The van der Waals surface area contributed by atoms with E-state index in [0.29, 0.717) is 26.1 Å². The third-order valence-electron chi connectivity index (χ3n) is 4.28. The van der Waals surface area contributed by atoms with Gasteiger partial charge in [-0.05, 0) is 19.1 Å². The molecule has 6 nitrogen and oxygen atoms in total. The molecule has 6 heteroatoms. The van der Waals surface area contributed by atoms with Gasteiger partial charge in [-0.1, -0.05) is 6.07 Å². The van der Waals surface area contributed by atoms with Gasteiger partial charge in [0.2, 0.25) is 11.8 Å². The van der Waals surface area contributed by atoms with E-state index in [4.69, 9.17) is 0 Å². The van der Waals surface area contributed by atoms with Crippen molar-refractivity contribution in [1.29, 1.82) is 0 Å². The van der Waals surface area contributed by atoms with Crippen LogP contribution < -0.4 is 10.2 Å². The van der Waals surface area contributed by atoms with E-state index in [0.717, 1.165) is 18.9 Å². The van der Waals surface area contributed by atoms with E-state index in [2.05, 4.69) is 15.2 Å². The maximum Gasteiger partial charge on any atom is 0.230 e. The number of hydrogen-bond donors (Lipinski definition) is 1. The Morgan fingerprint density at radius 1 is 1.29 bits per heavy atom. The Labute approximate surface area is 124 Å². The molecule has 21 heavy (non-hydrogen) atoms. The van der Waals surface area contributed by atoms with Crippen LogP contribution in [0.15, 0.2) is 24.4 Å². The van der Waals surface area contributed by atoms with Crippen molar-refractivity contribution in [3.63, 3.8) is 0 Å². The second-order valence-electron chi connectivity index (χ2n) is 5.98. The molecule has 1 atom stereocenters. The summed E-state index contributed by atoms with van der Waals surface area (Å²) in [6.45, 7) is 5.24. The summed E-state index contributed by atoms with van der Waals surface area (Å²) in [6, 6.07) is 5.85. The lowest BCUT2D eigenvalue weighted by Gasteiger charge is -2.38. The van der Waals surface area contributed by atoms with Crippen LogP contribution in [-0.2, 0) is 9.59 Å². The van der Waals surface area contributed by atoms with Crippen molar-refractivity contribution in [2.24, 2.45) is 5.41 Å². The first-order chi connectivity index (χ1) is 10.1. The maximum absolute atomic E-state index is 12.6. The van der Waals surface area contributed by atoms with Crippen molar-refractivity contribution in [3.05, 3.63) is 24.4 Å². The lowest BCUT2D eigenvalue weighted by Crippen LogP contribution is -2.53. The number of carbonyl (C=O) groups excluding carboxylic acids is 2. The van der Waals surface area contributed by atoms with Crippen LogP contribution in [0.25, 0.3) is 0 Å². The molecule has 1 aromatic heterocycles. The molecule has 0 bridgehead atoms. The van der Waals surface area contributed by atoms with Crippen LogP contribution in [0.4, 0.5) is 5.82 Å². The first kappa shape index (κ1) is 13.9. The van der Waals surface area contributed by atoms with Crippen LogP contribution in [-0.4, -0.2) is 54.4 Å². The van der Waals surface area contributed by atoms with Gasteiger partial charge >= 0.3 is 0 Å². The normalized spacial score (nSPS) is 25.9. The molecule has 3 heterocycles. The summed E-state index contributed by atoms with van der Waals surface area (Å²) in [5.41, 5.74) is -0.579. The molecule has 0 aromatic carbocycles. The van der Waals surface area contributed by atoms with E-state index in [1.54, 1.807) is 6.20 Å². The summed E-state index contributed by atoms with van der Waals surface area (Å²) < 4.78 is 0. The molecule has 1 N–H and O–H groups in total. The van der Waals surface area contributed by atoms with Gasteiger partial charge in [0.05, 0.1) is 5.41 Å². The predicted octanol–water partition coefficient (Wildman–Crippen LogP) is 0.256. The third kappa shape index (κ3) is 2.70. The molecule has 0 spiro atoms. The Hall–Kier alpha value is -2.11. The van der Waals surface area contributed by atoms with E-state index >= 15 is 0 Å². The fourth-order valence-electron chi connectivity index (χ4n) is 2.99. The number of piperazine rings is 1. The molecule has 2 fully saturated rings. The van der Waals surface area contributed by atoms with Crippen molar-refractivity contribution in [1.82, 2.24) is 15.2 Å². The number of nitrogens with zero attached hydrogens (tertiary/aromatic N) is 3. The molecule has 2 aliphatic rings. The van der Waals surface area contributed by atoms with Gasteiger partial charge in [0.25, 0.3) is 0 Å². The smallest absolute Gasteiger partial charge is 0.230 e. The van der Waals surface area contributed by atoms with E-state index in [1.165, 1.54) is 0 Å². The van der Waals surface area contributed by atoms with Crippen LogP contribution in [0.5, 0.6) is 0 Å². The maximum atomic E-state index is 12.6. The Kier molecular flexibility index (Phi) is 3.53. The predicted molar refractivity (Wildman–Crippen MR) is 78.8 cm³/mol. The van der Waals surface area contributed by atoms with Crippen LogP contribution in [0.2, 0.25) is 0 Å². The Balaban J connectivity index is 1.61. The zero-order valence-corrected chi connectivity index (χ0v) is 12.2. The molecule has 112 valence electrons.